The van der Waals surface area contributed by atoms with E-state index in [4.69, 9.17) is 9.47 Å². The van der Waals surface area contributed by atoms with Gasteiger partial charge in [-0.1, -0.05) is 43.2 Å². The van der Waals surface area contributed by atoms with Crippen molar-refractivity contribution in [2.24, 2.45) is 0 Å². The third-order valence-electron chi connectivity index (χ3n) is 7.33. The molecular formula is C27H31N3O4. The van der Waals surface area contributed by atoms with Crippen molar-refractivity contribution in [2.45, 2.75) is 57.3 Å². The largest absolute Gasteiger partial charge is 0.493 e. The molecule has 0 saturated heterocycles. The lowest BCUT2D eigenvalue weighted by molar-refractivity contribution is -0.133. The van der Waals surface area contributed by atoms with Crippen molar-refractivity contribution < 1.29 is 19.1 Å². The number of amides is 2. The lowest BCUT2D eigenvalue weighted by atomic mass is 9.93. The zero-order valence-corrected chi connectivity index (χ0v) is 20.0. The van der Waals surface area contributed by atoms with E-state index in [1.165, 1.54) is 0 Å². The van der Waals surface area contributed by atoms with Gasteiger partial charge in [-0.25, -0.2) is 0 Å². The highest BCUT2D eigenvalue weighted by Gasteiger charge is 2.48. The van der Waals surface area contributed by atoms with Crippen LogP contribution in [0.2, 0.25) is 0 Å². The zero-order valence-electron chi connectivity index (χ0n) is 20.0. The highest BCUT2D eigenvalue weighted by Crippen LogP contribution is 2.37. The molecule has 0 unspecified atom stereocenters. The van der Waals surface area contributed by atoms with Crippen LogP contribution < -0.4 is 14.8 Å². The minimum absolute atomic E-state index is 0.113. The van der Waals surface area contributed by atoms with E-state index in [0.29, 0.717) is 23.7 Å². The van der Waals surface area contributed by atoms with E-state index in [9.17, 15) is 9.59 Å². The Morgan fingerprint density at radius 2 is 1.85 bits per heavy atom. The predicted octanol–water partition coefficient (Wildman–Crippen LogP) is 4.13. The fraction of sp³-hybridized carbons (Fsp3) is 0.407. The van der Waals surface area contributed by atoms with E-state index >= 15 is 0 Å². The Labute approximate surface area is 199 Å². The van der Waals surface area contributed by atoms with E-state index in [1.807, 2.05) is 60.0 Å². The van der Waals surface area contributed by atoms with Crippen LogP contribution in [0.4, 0.5) is 0 Å². The summed E-state index contributed by atoms with van der Waals surface area (Å²) in [6.45, 7) is 2.49. The number of hydrogen-bond acceptors (Lipinski definition) is 4. The summed E-state index contributed by atoms with van der Waals surface area (Å²) in [7, 11) is 3.18. The molecule has 5 rings (SSSR count). The van der Waals surface area contributed by atoms with Crippen LogP contribution >= 0.6 is 0 Å². The minimum Gasteiger partial charge on any atom is -0.493 e. The third-order valence-corrected chi connectivity index (χ3v) is 7.33. The summed E-state index contributed by atoms with van der Waals surface area (Å²) in [6, 6.07) is 15.6. The molecule has 34 heavy (non-hydrogen) atoms. The highest BCUT2D eigenvalue weighted by atomic mass is 16.5. The monoisotopic (exact) mass is 461 g/mol. The van der Waals surface area contributed by atoms with Crippen LogP contribution in [0.1, 0.15) is 48.7 Å². The molecule has 1 atom stereocenters. The second-order valence-electron chi connectivity index (χ2n) is 9.45. The number of carbonyl (C=O) groups is 2. The molecule has 3 aromatic rings. The molecule has 2 amide bonds. The molecule has 0 radical (unpaired) electrons. The van der Waals surface area contributed by atoms with Gasteiger partial charge in [-0.15, -0.1) is 0 Å². The summed E-state index contributed by atoms with van der Waals surface area (Å²) in [5.41, 5.74) is 1.28. The van der Waals surface area contributed by atoms with Gasteiger partial charge < -0.3 is 24.3 Å². The fourth-order valence-corrected chi connectivity index (χ4v) is 5.41. The molecule has 1 N–H and O–H groups in total. The van der Waals surface area contributed by atoms with Crippen LogP contribution in [0.15, 0.2) is 48.5 Å². The van der Waals surface area contributed by atoms with E-state index < -0.39 is 5.54 Å². The van der Waals surface area contributed by atoms with Gasteiger partial charge in [0.15, 0.2) is 11.5 Å². The Morgan fingerprint density at radius 1 is 1.09 bits per heavy atom. The third kappa shape index (κ3) is 3.59. The standard InChI is InChI=1S/C27H31N3O4/c1-27(26(32)28-20-11-5-6-12-20)17-29-21-13-7-4-9-18(21)15-22(29)25(31)30(27)16-19-10-8-14-23(33-2)24(19)34-3/h4,7-10,13-15,20H,5-6,11-12,16-17H2,1-3H3,(H,28,32)/t27-/m0/s1. The maximum absolute atomic E-state index is 14.0. The number of fused-ring (bicyclic) bond motifs is 3. The number of benzene rings is 2. The molecule has 2 aromatic carbocycles. The molecule has 1 aliphatic heterocycles. The second-order valence-corrected chi connectivity index (χ2v) is 9.45. The van der Waals surface area contributed by atoms with E-state index in [2.05, 4.69) is 5.32 Å². The first-order valence-electron chi connectivity index (χ1n) is 11.9. The van der Waals surface area contributed by atoms with Gasteiger partial charge in [0.1, 0.15) is 11.2 Å². The summed E-state index contributed by atoms with van der Waals surface area (Å²) >= 11 is 0. The van der Waals surface area contributed by atoms with Gasteiger partial charge in [-0.3, -0.25) is 9.59 Å². The molecule has 0 bridgehead atoms. The van der Waals surface area contributed by atoms with Gasteiger partial charge in [0.05, 0.1) is 27.3 Å². The van der Waals surface area contributed by atoms with E-state index in [-0.39, 0.29) is 24.4 Å². The topological polar surface area (TPSA) is 72.8 Å². The quantitative estimate of drug-likeness (QED) is 0.599. The smallest absolute Gasteiger partial charge is 0.271 e. The van der Waals surface area contributed by atoms with Crippen LogP contribution in [0, 0.1) is 0 Å². The van der Waals surface area contributed by atoms with Gasteiger partial charge >= 0.3 is 0 Å². The normalized spacial score (nSPS) is 20.4. The summed E-state index contributed by atoms with van der Waals surface area (Å²) in [5.74, 6) is 0.882. The predicted molar refractivity (Wildman–Crippen MR) is 130 cm³/mol. The molecule has 0 spiro atoms. The summed E-state index contributed by atoms with van der Waals surface area (Å²) in [4.78, 5) is 29.4. The number of ether oxygens (including phenoxy) is 2. The molecule has 7 nitrogen and oxygen atoms in total. The molecule has 7 heteroatoms. The molecule has 1 aromatic heterocycles. The second kappa shape index (κ2) is 8.70. The number of carbonyl (C=O) groups excluding carboxylic acids is 2. The van der Waals surface area contributed by atoms with Crippen LogP contribution in [-0.4, -0.2) is 47.1 Å². The summed E-state index contributed by atoms with van der Waals surface area (Å²) in [5, 5.41) is 4.24. The average Bonchev–Trinajstić information content (AvgIpc) is 3.49. The summed E-state index contributed by atoms with van der Waals surface area (Å²) < 4.78 is 13.1. The van der Waals surface area contributed by atoms with Crippen LogP contribution in [0.3, 0.4) is 0 Å². The van der Waals surface area contributed by atoms with Gasteiger partial charge in [0.25, 0.3) is 5.91 Å². The van der Waals surface area contributed by atoms with Crippen molar-refractivity contribution in [3.05, 3.63) is 59.8 Å². The summed E-state index contributed by atoms with van der Waals surface area (Å²) in [6.07, 6.45) is 4.21. The van der Waals surface area contributed by atoms with Gasteiger partial charge in [-0.05, 0) is 38.0 Å². The van der Waals surface area contributed by atoms with Crippen molar-refractivity contribution in [2.75, 3.05) is 14.2 Å². The molecule has 2 aliphatic rings. The maximum Gasteiger partial charge on any atom is 0.271 e. The van der Waals surface area contributed by atoms with Crippen molar-refractivity contribution in [3.8, 4) is 11.5 Å². The number of nitrogens with one attached hydrogen (secondary N) is 1. The average molecular weight is 462 g/mol. The number of para-hydroxylation sites is 2. The minimum atomic E-state index is -1.07. The van der Waals surface area contributed by atoms with Crippen LogP contribution in [0.5, 0.6) is 11.5 Å². The van der Waals surface area contributed by atoms with E-state index in [0.717, 1.165) is 42.1 Å². The molecular weight excluding hydrogens is 430 g/mol. The number of aromatic nitrogens is 1. The Hall–Kier alpha value is -3.48. The van der Waals surface area contributed by atoms with Crippen molar-refractivity contribution >= 4 is 22.7 Å². The first-order chi connectivity index (χ1) is 16.5. The molecule has 1 fully saturated rings. The maximum atomic E-state index is 14.0. The van der Waals surface area contributed by atoms with Crippen LogP contribution in [0.25, 0.3) is 10.9 Å². The molecule has 1 saturated carbocycles. The van der Waals surface area contributed by atoms with Crippen molar-refractivity contribution in [3.63, 3.8) is 0 Å². The van der Waals surface area contributed by atoms with Gasteiger partial charge in [0.2, 0.25) is 5.91 Å². The van der Waals surface area contributed by atoms with Gasteiger partial charge in [-0.2, -0.15) is 0 Å². The lowest BCUT2D eigenvalue weighted by Gasteiger charge is -2.44. The zero-order chi connectivity index (χ0) is 23.9. The molecule has 178 valence electrons. The van der Waals surface area contributed by atoms with Crippen molar-refractivity contribution in [1.82, 2.24) is 14.8 Å². The molecule has 1 aliphatic carbocycles. The lowest BCUT2D eigenvalue weighted by Crippen LogP contribution is -2.64. The molecule has 2 heterocycles. The fourth-order valence-electron chi connectivity index (χ4n) is 5.41. The number of rotatable bonds is 6. The number of hydrogen-bond donors (Lipinski definition) is 1. The van der Waals surface area contributed by atoms with Gasteiger partial charge in [0, 0.05) is 22.5 Å². The highest BCUT2D eigenvalue weighted by molar-refractivity contribution is 6.03. The number of methoxy groups -OCH3 is 2. The van der Waals surface area contributed by atoms with E-state index in [1.54, 1.807) is 19.1 Å². The Balaban J connectivity index is 1.59. The van der Waals surface area contributed by atoms with Crippen molar-refractivity contribution in [1.29, 1.82) is 0 Å². The first-order valence-corrected chi connectivity index (χ1v) is 11.9. The Bertz CT molecular complexity index is 1240. The SMILES string of the molecule is COc1cccc(CN2C(=O)c3cc4ccccc4n3C[C@@]2(C)C(=O)NC2CCCC2)c1OC. The first kappa shape index (κ1) is 22.3. The number of nitrogens with zero attached hydrogens (tertiary/aromatic N) is 2. The van der Waals surface area contributed by atoms with Crippen LogP contribution in [-0.2, 0) is 17.9 Å². The Morgan fingerprint density at radius 3 is 2.59 bits per heavy atom. The Kier molecular flexibility index (Phi) is 5.71.